The summed E-state index contributed by atoms with van der Waals surface area (Å²) in [5.41, 5.74) is 4.05. The molecule has 114 valence electrons. The maximum atomic E-state index is 12.5. The molecule has 0 fully saturated rings. The van der Waals surface area contributed by atoms with Gasteiger partial charge in [0.25, 0.3) is 10.0 Å². The number of aryl methyl sites for hydroxylation is 1. The highest BCUT2D eigenvalue weighted by atomic mass is 32.2. The molecule has 0 aliphatic heterocycles. The molecule has 2 rings (SSSR count). The fraction of sp³-hybridized carbons (Fsp3) is 0.182. The van der Waals surface area contributed by atoms with Gasteiger partial charge in [-0.15, -0.1) is 0 Å². The van der Waals surface area contributed by atoms with Gasteiger partial charge in [-0.05, 0) is 24.3 Å². The van der Waals surface area contributed by atoms with E-state index in [0.717, 1.165) is 16.8 Å². The molecular formula is C11H11F3N4O2S. The Hall–Kier alpha value is -2.23. The number of sulfonamides is 1. The first-order chi connectivity index (χ1) is 9.61. The van der Waals surface area contributed by atoms with Gasteiger partial charge < -0.3 is 5.73 Å². The van der Waals surface area contributed by atoms with Crippen LogP contribution in [0.25, 0.3) is 0 Å². The average molecular weight is 320 g/mol. The molecule has 0 atom stereocenters. The minimum Gasteiger partial charge on any atom is -0.397 e. The van der Waals surface area contributed by atoms with Crippen molar-refractivity contribution in [1.82, 2.24) is 9.78 Å². The van der Waals surface area contributed by atoms with E-state index < -0.39 is 21.8 Å². The third kappa shape index (κ3) is 3.10. The zero-order chi connectivity index (χ0) is 15.8. The van der Waals surface area contributed by atoms with Crippen molar-refractivity contribution in [1.29, 1.82) is 0 Å². The summed E-state index contributed by atoms with van der Waals surface area (Å²) in [7, 11) is -2.56. The third-order valence-corrected chi connectivity index (χ3v) is 4.11. The first kappa shape index (κ1) is 15.2. The number of nitrogens with zero attached hydrogens (tertiary/aromatic N) is 2. The van der Waals surface area contributed by atoms with Crippen LogP contribution in [0.3, 0.4) is 0 Å². The summed E-state index contributed by atoms with van der Waals surface area (Å²) in [4.78, 5) is 0. The number of nitrogen functional groups attached to an aromatic ring is 1. The number of benzene rings is 1. The van der Waals surface area contributed by atoms with Gasteiger partial charge >= 0.3 is 6.18 Å². The average Bonchev–Trinajstić information content (AvgIpc) is 2.77. The highest BCUT2D eigenvalue weighted by Crippen LogP contribution is 2.33. The number of hydrogen-bond donors (Lipinski definition) is 2. The summed E-state index contributed by atoms with van der Waals surface area (Å²) >= 11 is 0. The summed E-state index contributed by atoms with van der Waals surface area (Å²) < 4.78 is 64.9. The van der Waals surface area contributed by atoms with Gasteiger partial charge in [0.15, 0.2) is 5.03 Å². The molecule has 0 aliphatic carbocycles. The lowest BCUT2D eigenvalue weighted by Gasteiger charge is -2.13. The number of hydrogen-bond acceptors (Lipinski definition) is 4. The van der Waals surface area contributed by atoms with E-state index >= 15 is 0 Å². The Labute approximate surface area is 118 Å². The first-order valence-electron chi connectivity index (χ1n) is 5.59. The number of aromatic nitrogens is 2. The Morgan fingerprint density at radius 1 is 1.29 bits per heavy atom. The molecule has 3 N–H and O–H groups in total. The summed E-state index contributed by atoms with van der Waals surface area (Å²) in [6.45, 7) is 0. The van der Waals surface area contributed by atoms with E-state index in [9.17, 15) is 21.6 Å². The Balaban J connectivity index is 2.35. The van der Waals surface area contributed by atoms with Gasteiger partial charge in [-0.25, -0.2) is 0 Å². The van der Waals surface area contributed by atoms with Crippen molar-refractivity contribution in [2.24, 2.45) is 7.05 Å². The molecule has 0 bridgehead atoms. The van der Waals surface area contributed by atoms with E-state index in [1.54, 1.807) is 0 Å². The minimum absolute atomic E-state index is 0.135. The van der Waals surface area contributed by atoms with Crippen molar-refractivity contribution < 1.29 is 21.6 Å². The summed E-state index contributed by atoms with van der Waals surface area (Å²) in [5.74, 6) is 0. The molecule has 0 unspecified atom stereocenters. The Bertz CT molecular complexity index is 768. The van der Waals surface area contributed by atoms with E-state index in [1.807, 2.05) is 0 Å². The number of nitrogens with one attached hydrogen (secondary N) is 1. The second kappa shape index (κ2) is 4.95. The molecule has 0 spiro atoms. The van der Waals surface area contributed by atoms with Crippen molar-refractivity contribution in [3.8, 4) is 0 Å². The van der Waals surface area contributed by atoms with Crippen molar-refractivity contribution in [3.05, 3.63) is 36.0 Å². The fourth-order valence-electron chi connectivity index (χ4n) is 1.65. The first-order valence-corrected chi connectivity index (χ1v) is 7.07. The van der Waals surface area contributed by atoms with E-state index in [0.29, 0.717) is 6.07 Å². The van der Waals surface area contributed by atoms with Gasteiger partial charge in [-0.1, -0.05) is 0 Å². The molecule has 10 heteroatoms. The highest BCUT2D eigenvalue weighted by molar-refractivity contribution is 7.92. The van der Waals surface area contributed by atoms with Gasteiger partial charge in [0, 0.05) is 7.05 Å². The Kier molecular flexibility index (Phi) is 3.58. The quantitative estimate of drug-likeness (QED) is 0.844. The van der Waals surface area contributed by atoms with Crippen molar-refractivity contribution in [2.45, 2.75) is 11.2 Å². The van der Waals surface area contributed by atoms with Crippen LogP contribution in [-0.2, 0) is 23.2 Å². The molecule has 1 heterocycles. The van der Waals surface area contributed by atoms with Gasteiger partial charge in [0.2, 0.25) is 0 Å². The molecule has 2 aromatic rings. The molecule has 0 saturated carbocycles. The number of halogens is 3. The van der Waals surface area contributed by atoms with E-state index in [2.05, 4.69) is 9.82 Å². The van der Waals surface area contributed by atoms with Crippen LogP contribution in [-0.4, -0.2) is 18.2 Å². The van der Waals surface area contributed by atoms with Crippen molar-refractivity contribution in [3.63, 3.8) is 0 Å². The SMILES string of the molecule is Cn1nccc1S(=O)(=O)Nc1ccc(C(F)(F)F)cc1N. The zero-order valence-electron chi connectivity index (χ0n) is 10.7. The summed E-state index contributed by atoms with van der Waals surface area (Å²) in [5, 5.41) is 3.57. The summed E-state index contributed by atoms with van der Waals surface area (Å²) in [6.07, 6.45) is -3.27. The molecular weight excluding hydrogens is 309 g/mol. The van der Waals surface area contributed by atoms with E-state index in [4.69, 9.17) is 5.73 Å². The molecule has 0 amide bonds. The number of anilines is 2. The monoisotopic (exact) mass is 320 g/mol. The van der Waals surface area contributed by atoms with Crippen LogP contribution in [0.4, 0.5) is 24.5 Å². The van der Waals surface area contributed by atoms with E-state index in [1.165, 1.54) is 19.3 Å². The van der Waals surface area contributed by atoms with Crippen molar-refractivity contribution >= 4 is 21.4 Å². The lowest BCUT2D eigenvalue weighted by atomic mass is 10.2. The van der Waals surface area contributed by atoms with Crippen LogP contribution in [0.15, 0.2) is 35.5 Å². The van der Waals surface area contributed by atoms with Crippen LogP contribution < -0.4 is 10.5 Å². The smallest absolute Gasteiger partial charge is 0.397 e. The van der Waals surface area contributed by atoms with Crippen LogP contribution >= 0.6 is 0 Å². The number of rotatable bonds is 3. The van der Waals surface area contributed by atoms with Crippen LogP contribution in [0.5, 0.6) is 0 Å². The van der Waals surface area contributed by atoms with E-state index in [-0.39, 0.29) is 16.4 Å². The second-order valence-corrected chi connectivity index (χ2v) is 5.83. The fourth-order valence-corrected chi connectivity index (χ4v) is 2.87. The van der Waals surface area contributed by atoms with Gasteiger partial charge in [-0.3, -0.25) is 9.40 Å². The zero-order valence-corrected chi connectivity index (χ0v) is 11.5. The molecule has 0 radical (unpaired) electrons. The molecule has 0 aliphatic rings. The molecule has 1 aromatic heterocycles. The van der Waals surface area contributed by atoms with Crippen molar-refractivity contribution in [2.75, 3.05) is 10.5 Å². The molecule has 0 saturated heterocycles. The van der Waals surface area contributed by atoms with Gasteiger partial charge in [0.05, 0.1) is 23.1 Å². The molecule has 21 heavy (non-hydrogen) atoms. The predicted octanol–water partition coefficient (Wildman–Crippen LogP) is 1.82. The van der Waals surface area contributed by atoms with Crippen LogP contribution in [0.1, 0.15) is 5.56 Å². The van der Waals surface area contributed by atoms with Crippen LogP contribution in [0, 0.1) is 0 Å². The summed E-state index contributed by atoms with van der Waals surface area (Å²) in [6, 6.07) is 3.63. The maximum Gasteiger partial charge on any atom is 0.416 e. The highest BCUT2D eigenvalue weighted by Gasteiger charge is 2.31. The second-order valence-electron chi connectivity index (χ2n) is 4.20. The maximum absolute atomic E-state index is 12.5. The van der Waals surface area contributed by atoms with Gasteiger partial charge in [0.1, 0.15) is 0 Å². The van der Waals surface area contributed by atoms with Crippen LogP contribution in [0.2, 0.25) is 0 Å². The standard InChI is InChI=1S/C11H11F3N4O2S/c1-18-10(4-5-16-18)21(19,20)17-9-3-2-7(6-8(9)15)11(12,13)14/h2-6,17H,15H2,1H3. The minimum atomic E-state index is -4.55. The largest absolute Gasteiger partial charge is 0.416 e. The predicted molar refractivity (Wildman–Crippen MR) is 69.9 cm³/mol. The van der Waals surface area contributed by atoms with Gasteiger partial charge in [-0.2, -0.15) is 26.7 Å². The lowest BCUT2D eigenvalue weighted by Crippen LogP contribution is -2.18. The normalized spacial score (nSPS) is 12.4. The third-order valence-electron chi connectivity index (χ3n) is 2.67. The Morgan fingerprint density at radius 2 is 1.95 bits per heavy atom. The number of nitrogens with two attached hydrogens (primary N) is 1. The molecule has 1 aromatic carbocycles. The molecule has 6 nitrogen and oxygen atoms in total. The topological polar surface area (TPSA) is 90.0 Å². The number of alkyl halides is 3. The Morgan fingerprint density at radius 3 is 2.43 bits per heavy atom. The lowest BCUT2D eigenvalue weighted by molar-refractivity contribution is -0.137.